The number of Topliss-reactive ketones (excluding diaryl/α,β-unsaturated/α-hetero) is 1. The number of hydrogen-bond acceptors (Lipinski definition) is 6. The van der Waals surface area contributed by atoms with Gasteiger partial charge in [-0.2, -0.15) is 0 Å². The zero-order valence-corrected chi connectivity index (χ0v) is 21.0. The van der Waals surface area contributed by atoms with Crippen LogP contribution >= 0.6 is 0 Å². The van der Waals surface area contributed by atoms with E-state index in [1.165, 1.54) is 21.0 Å². The quantitative estimate of drug-likeness (QED) is 0.542. The molecule has 1 atom stereocenters. The third kappa shape index (κ3) is 6.74. The molecule has 0 spiro atoms. The fraction of sp³-hybridized carbons (Fsp3) is 0.385. The van der Waals surface area contributed by atoms with Gasteiger partial charge in [-0.3, -0.25) is 14.4 Å². The molecule has 1 aliphatic heterocycles. The largest absolute Gasteiger partial charge is 0.493 e. The molecule has 1 heterocycles. The number of amides is 4. The summed E-state index contributed by atoms with van der Waals surface area (Å²) in [6.07, 6.45) is 0.287. The van der Waals surface area contributed by atoms with E-state index < -0.39 is 6.04 Å². The normalized spacial score (nSPS) is 14.0. The highest BCUT2D eigenvalue weighted by atomic mass is 16.5. The maximum Gasteiger partial charge on any atom is 0.321 e. The Morgan fingerprint density at radius 1 is 0.861 bits per heavy atom. The van der Waals surface area contributed by atoms with Gasteiger partial charge in [0.05, 0.1) is 14.2 Å². The SMILES string of the molecule is COc1ccc(C[C@@H](NC(C)=O)C(=O)N2CCN(C(=O)Nc3ccc(C(C)=O)cc3)CC2)cc1OC. The van der Waals surface area contributed by atoms with Crippen LogP contribution in [0.4, 0.5) is 10.5 Å². The number of piperazine rings is 1. The van der Waals surface area contributed by atoms with E-state index in [9.17, 15) is 19.2 Å². The second-order valence-corrected chi connectivity index (χ2v) is 8.52. The average molecular weight is 497 g/mol. The van der Waals surface area contributed by atoms with E-state index in [4.69, 9.17) is 9.47 Å². The van der Waals surface area contributed by atoms with Crippen molar-refractivity contribution in [1.82, 2.24) is 15.1 Å². The van der Waals surface area contributed by atoms with Gasteiger partial charge in [0, 0.05) is 50.8 Å². The average Bonchev–Trinajstić information content (AvgIpc) is 2.87. The molecular formula is C26H32N4O6. The summed E-state index contributed by atoms with van der Waals surface area (Å²) >= 11 is 0. The second kappa shape index (κ2) is 12.1. The van der Waals surface area contributed by atoms with Gasteiger partial charge >= 0.3 is 6.03 Å². The molecular weight excluding hydrogens is 464 g/mol. The first-order chi connectivity index (χ1) is 17.2. The van der Waals surface area contributed by atoms with Crippen molar-refractivity contribution in [1.29, 1.82) is 0 Å². The third-order valence-electron chi connectivity index (χ3n) is 5.98. The lowest BCUT2D eigenvalue weighted by atomic mass is 10.0. The van der Waals surface area contributed by atoms with Gasteiger partial charge < -0.3 is 29.9 Å². The minimum atomic E-state index is -0.749. The summed E-state index contributed by atoms with van der Waals surface area (Å²) in [6.45, 7) is 4.26. The van der Waals surface area contributed by atoms with Gasteiger partial charge in [-0.15, -0.1) is 0 Å². The van der Waals surface area contributed by atoms with Gasteiger partial charge in [-0.1, -0.05) is 6.07 Å². The molecule has 0 aromatic heterocycles. The van der Waals surface area contributed by atoms with E-state index >= 15 is 0 Å². The molecule has 10 nitrogen and oxygen atoms in total. The molecule has 1 aliphatic rings. The van der Waals surface area contributed by atoms with E-state index in [0.29, 0.717) is 48.9 Å². The smallest absolute Gasteiger partial charge is 0.321 e. The van der Waals surface area contributed by atoms with Gasteiger partial charge in [0.2, 0.25) is 11.8 Å². The summed E-state index contributed by atoms with van der Waals surface area (Å²) in [5.41, 5.74) is 1.97. The summed E-state index contributed by atoms with van der Waals surface area (Å²) in [5, 5.41) is 5.57. The van der Waals surface area contributed by atoms with Crippen molar-refractivity contribution in [3.05, 3.63) is 53.6 Å². The summed E-state index contributed by atoms with van der Waals surface area (Å²) in [4.78, 5) is 52.5. The highest BCUT2D eigenvalue weighted by Crippen LogP contribution is 2.28. The number of ether oxygens (including phenoxy) is 2. The number of anilines is 1. The number of carbonyl (C=O) groups is 4. The van der Waals surface area contributed by atoms with Crippen LogP contribution in [0.2, 0.25) is 0 Å². The molecule has 3 rings (SSSR count). The Hall–Kier alpha value is -4.08. The summed E-state index contributed by atoms with van der Waals surface area (Å²) < 4.78 is 10.6. The number of methoxy groups -OCH3 is 2. The lowest BCUT2D eigenvalue weighted by Crippen LogP contribution is -2.56. The number of nitrogens with zero attached hydrogens (tertiary/aromatic N) is 2. The van der Waals surface area contributed by atoms with E-state index in [1.54, 1.807) is 53.3 Å². The Morgan fingerprint density at radius 3 is 2.03 bits per heavy atom. The van der Waals surface area contributed by atoms with Crippen molar-refractivity contribution in [3.8, 4) is 11.5 Å². The van der Waals surface area contributed by atoms with Gasteiger partial charge in [0.1, 0.15) is 6.04 Å². The number of hydrogen-bond donors (Lipinski definition) is 2. The summed E-state index contributed by atoms with van der Waals surface area (Å²) in [7, 11) is 3.08. The van der Waals surface area contributed by atoms with Crippen molar-refractivity contribution in [2.45, 2.75) is 26.3 Å². The van der Waals surface area contributed by atoms with Crippen LogP contribution in [0.1, 0.15) is 29.8 Å². The molecule has 2 aromatic carbocycles. The van der Waals surface area contributed by atoms with E-state index in [-0.39, 0.29) is 30.0 Å². The van der Waals surface area contributed by atoms with E-state index in [0.717, 1.165) is 5.56 Å². The van der Waals surface area contributed by atoms with Crippen molar-refractivity contribution in [2.24, 2.45) is 0 Å². The van der Waals surface area contributed by atoms with Crippen LogP contribution in [0.25, 0.3) is 0 Å². The van der Waals surface area contributed by atoms with E-state index in [1.807, 2.05) is 6.07 Å². The zero-order valence-electron chi connectivity index (χ0n) is 21.0. The molecule has 1 fully saturated rings. The monoisotopic (exact) mass is 496 g/mol. The molecule has 36 heavy (non-hydrogen) atoms. The molecule has 2 N–H and O–H groups in total. The molecule has 0 bridgehead atoms. The lowest BCUT2D eigenvalue weighted by molar-refractivity contribution is -0.137. The van der Waals surface area contributed by atoms with Crippen LogP contribution in [-0.2, 0) is 16.0 Å². The van der Waals surface area contributed by atoms with E-state index in [2.05, 4.69) is 10.6 Å². The maximum absolute atomic E-state index is 13.3. The Kier molecular flexibility index (Phi) is 8.88. The van der Waals surface area contributed by atoms with Crippen molar-refractivity contribution in [3.63, 3.8) is 0 Å². The Morgan fingerprint density at radius 2 is 1.47 bits per heavy atom. The number of benzene rings is 2. The summed E-state index contributed by atoms with van der Waals surface area (Å²) in [5.74, 6) is 0.562. The molecule has 0 aliphatic carbocycles. The molecule has 2 aromatic rings. The number of rotatable bonds is 8. The standard InChI is InChI=1S/C26H32N4O6/c1-17(31)20-6-8-21(9-7-20)28-26(34)30-13-11-29(12-14-30)25(33)22(27-18(2)32)15-19-5-10-23(35-3)24(16-19)36-4/h5-10,16,22H,11-15H2,1-4H3,(H,27,32)(H,28,34)/t22-/m1/s1. The zero-order chi connectivity index (χ0) is 26.2. The Balaban J connectivity index is 1.60. The number of carbonyl (C=O) groups excluding carboxylic acids is 4. The lowest BCUT2D eigenvalue weighted by Gasteiger charge is -2.36. The molecule has 0 saturated carbocycles. The fourth-order valence-electron chi connectivity index (χ4n) is 4.03. The fourth-order valence-corrected chi connectivity index (χ4v) is 4.03. The number of ketones is 1. The predicted octanol–water partition coefficient (Wildman–Crippen LogP) is 2.33. The molecule has 10 heteroatoms. The highest BCUT2D eigenvalue weighted by Gasteiger charge is 2.30. The second-order valence-electron chi connectivity index (χ2n) is 8.52. The molecule has 4 amide bonds. The first-order valence-corrected chi connectivity index (χ1v) is 11.7. The van der Waals surface area contributed by atoms with Crippen molar-refractivity contribution in [2.75, 3.05) is 45.7 Å². The van der Waals surface area contributed by atoms with Gasteiger partial charge in [-0.05, 0) is 48.9 Å². The Labute approximate surface area is 210 Å². The molecule has 0 unspecified atom stereocenters. The van der Waals surface area contributed by atoms with Crippen LogP contribution in [0.3, 0.4) is 0 Å². The highest BCUT2D eigenvalue weighted by molar-refractivity contribution is 5.95. The molecule has 192 valence electrons. The maximum atomic E-state index is 13.3. The third-order valence-corrected chi connectivity index (χ3v) is 5.98. The number of urea groups is 1. The van der Waals surface area contributed by atoms with Gasteiger partial charge in [0.15, 0.2) is 17.3 Å². The van der Waals surface area contributed by atoms with Crippen LogP contribution in [0.5, 0.6) is 11.5 Å². The van der Waals surface area contributed by atoms with Crippen molar-refractivity contribution < 1.29 is 28.7 Å². The van der Waals surface area contributed by atoms with Crippen LogP contribution in [0.15, 0.2) is 42.5 Å². The minimum absolute atomic E-state index is 0.0441. The number of nitrogens with one attached hydrogen (secondary N) is 2. The summed E-state index contributed by atoms with van der Waals surface area (Å²) in [6, 6.07) is 11.0. The van der Waals surface area contributed by atoms with Gasteiger partial charge in [0.25, 0.3) is 0 Å². The van der Waals surface area contributed by atoms with Crippen molar-refractivity contribution >= 4 is 29.3 Å². The minimum Gasteiger partial charge on any atom is -0.493 e. The van der Waals surface area contributed by atoms with Gasteiger partial charge in [-0.25, -0.2) is 4.79 Å². The van der Waals surface area contributed by atoms with Crippen LogP contribution < -0.4 is 20.1 Å². The molecule has 1 saturated heterocycles. The van der Waals surface area contributed by atoms with Crippen LogP contribution in [-0.4, -0.2) is 79.9 Å². The molecule has 0 radical (unpaired) electrons. The van der Waals surface area contributed by atoms with Crippen LogP contribution in [0, 0.1) is 0 Å². The first kappa shape index (κ1) is 26.5. The predicted molar refractivity (Wildman–Crippen MR) is 134 cm³/mol. The topological polar surface area (TPSA) is 117 Å². The Bertz CT molecular complexity index is 1110. The first-order valence-electron chi connectivity index (χ1n) is 11.7.